The third-order valence-corrected chi connectivity index (χ3v) is 3.71. The fraction of sp³-hybridized carbons (Fsp3) is 0.0476. The molecule has 0 atom stereocenters. The normalized spacial score (nSPS) is 10.4. The maximum Gasteiger partial charge on any atom is 0.341 e. The number of hydrogen-bond donors (Lipinski definition) is 2. The first-order chi connectivity index (χ1) is 13.0. The first kappa shape index (κ1) is 18.0. The molecule has 0 aliphatic rings. The first-order valence-corrected chi connectivity index (χ1v) is 8.08. The number of carbonyl (C=O) groups is 2. The molecule has 0 aliphatic carbocycles. The molecule has 0 unspecified atom stereocenters. The molecule has 3 rings (SSSR count). The highest BCUT2D eigenvalue weighted by Gasteiger charge is 2.23. The van der Waals surface area contributed by atoms with E-state index in [1.807, 2.05) is 0 Å². The molecule has 0 amide bonds. The van der Waals surface area contributed by atoms with Crippen LogP contribution >= 0.6 is 0 Å². The highest BCUT2D eigenvalue weighted by atomic mass is 16.7. The molecule has 0 saturated carbocycles. The first-order valence-electron chi connectivity index (χ1n) is 8.08. The second kappa shape index (κ2) is 8.05. The minimum atomic E-state index is -1.26. The molecule has 0 spiro atoms. The Balaban J connectivity index is 1.81. The van der Waals surface area contributed by atoms with Crippen LogP contribution in [0.4, 0.5) is 0 Å². The highest BCUT2D eigenvalue weighted by molar-refractivity contribution is 5.91. The van der Waals surface area contributed by atoms with Crippen molar-refractivity contribution in [3.8, 4) is 11.5 Å². The summed E-state index contributed by atoms with van der Waals surface area (Å²) in [5, 5.41) is 18.6. The predicted molar refractivity (Wildman–Crippen MR) is 96.2 cm³/mol. The van der Waals surface area contributed by atoms with Crippen LogP contribution in [0.5, 0.6) is 11.5 Å². The maximum atomic E-state index is 12.4. The lowest BCUT2D eigenvalue weighted by Gasteiger charge is -2.19. The summed E-state index contributed by atoms with van der Waals surface area (Å²) in [5.41, 5.74) is 0.889. The molecule has 6 heteroatoms. The quantitative estimate of drug-likeness (QED) is 0.528. The summed E-state index contributed by atoms with van der Waals surface area (Å²) in [6.07, 6.45) is -1.26. The van der Waals surface area contributed by atoms with Gasteiger partial charge >= 0.3 is 11.9 Å². The van der Waals surface area contributed by atoms with Crippen molar-refractivity contribution in [1.29, 1.82) is 0 Å². The number of esters is 2. The molecule has 0 aliphatic heterocycles. The van der Waals surface area contributed by atoms with Crippen LogP contribution in [0.2, 0.25) is 0 Å². The highest BCUT2D eigenvalue weighted by Crippen LogP contribution is 2.23. The Morgan fingerprint density at radius 2 is 1.04 bits per heavy atom. The summed E-state index contributed by atoms with van der Waals surface area (Å²) in [6.45, 7) is 0. The van der Waals surface area contributed by atoms with Gasteiger partial charge in [-0.1, -0.05) is 30.3 Å². The summed E-state index contributed by atoms with van der Waals surface area (Å²) in [5.74, 6) is -1.38. The Kier molecular flexibility index (Phi) is 5.37. The van der Waals surface area contributed by atoms with Gasteiger partial charge in [-0.25, -0.2) is 9.59 Å². The Bertz CT molecular complexity index is 858. The van der Waals surface area contributed by atoms with E-state index in [1.165, 1.54) is 48.5 Å². The minimum Gasteiger partial charge on any atom is -0.508 e. The van der Waals surface area contributed by atoms with E-state index < -0.39 is 18.2 Å². The molecule has 0 bridgehead atoms. The standard InChI is InChI=1S/C21H16O6/c22-17-10-6-14(7-11-17)19(24)26-21(16-4-2-1-3-5-16)27-20(25)15-8-12-18(23)13-9-15/h1-13,21-23H. The second-order valence-corrected chi connectivity index (χ2v) is 5.65. The van der Waals surface area contributed by atoms with Gasteiger partial charge in [-0.2, -0.15) is 0 Å². The SMILES string of the molecule is O=C(OC(OC(=O)c1ccc(O)cc1)c1ccccc1)c1ccc(O)cc1. The largest absolute Gasteiger partial charge is 0.508 e. The Hall–Kier alpha value is -3.80. The number of aromatic hydroxyl groups is 2. The monoisotopic (exact) mass is 364 g/mol. The van der Waals surface area contributed by atoms with Gasteiger partial charge in [0.05, 0.1) is 11.1 Å². The molecule has 0 aromatic heterocycles. The summed E-state index contributed by atoms with van der Waals surface area (Å²) in [6, 6.07) is 19.6. The van der Waals surface area contributed by atoms with Crippen LogP contribution < -0.4 is 0 Å². The molecule has 136 valence electrons. The summed E-state index contributed by atoms with van der Waals surface area (Å²) < 4.78 is 10.7. The topological polar surface area (TPSA) is 93.1 Å². The van der Waals surface area contributed by atoms with Crippen LogP contribution in [0, 0.1) is 0 Å². The van der Waals surface area contributed by atoms with Crippen molar-refractivity contribution in [3.63, 3.8) is 0 Å². The molecule has 3 aromatic carbocycles. The number of phenolic OH excluding ortho intramolecular Hbond substituents is 2. The molecule has 2 N–H and O–H groups in total. The summed E-state index contributed by atoms with van der Waals surface area (Å²) in [7, 11) is 0. The van der Waals surface area contributed by atoms with E-state index in [9.17, 15) is 19.8 Å². The van der Waals surface area contributed by atoms with Crippen LogP contribution in [0.25, 0.3) is 0 Å². The molecule has 3 aromatic rings. The van der Waals surface area contributed by atoms with Gasteiger partial charge in [-0.3, -0.25) is 0 Å². The van der Waals surface area contributed by atoms with Crippen molar-refractivity contribution >= 4 is 11.9 Å². The van der Waals surface area contributed by atoms with Gasteiger partial charge in [0.25, 0.3) is 6.29 Å². The zero-order valence-electron chi connectivity index (χ0n) is 14.1. The van der Waals surface area contributed by atoms with E-state index in [1.54, 1.807) is 30.3 Å². The Labute approximate surface area is 155 Å². The van der Waals surface area contributed by atoms with Crippen molar-refractivity contribution in [2.45, 2.75) is 6.29 Å². The van der Waals surface area contributed by atoms with Crippen LogP contribution in [0.3, 0.4) is 0 Å². The fourth-order valence-corrected chi connectivity index (χ4v) is 2.30. The molecule has 0 saturated heterocycles. The Morgan fingerprint density at radius 1 is 0.630 bits per heavy atom. The van der Waals surface area contributed by atoms with Crippen molar-refractivity contribution in [3.05, 3.63) is 95.6 Å². The van der Waals surface area contributed by atoms with E-state index in [-0.39, 0.29) is 22.6 Å². The van der Waals surface area contributed by atoms with Gasteiger partial charge in [0.15, 0.2) is 0 Å². The van der Waals surface area contributed by atoms with E-state index in [2.05, 4.69) is 0 Å². The smallest absolute Gasteiger partial charge is 0.341 e. The molecule has 0 fully saturated rings. The average Bonchev–Trinajstić information content (AvgIpc) is 2.69. The maximum absolute atomic E-state index is 12.4. The average molecular weight is 364 g/mol. The van der Waals surface area contributed by atoms with Gasteiger partial charge in [0.2, 0.25) is 0 Å². The predicted octanol–water partition coefficient (Wildman–Crippen LogP) is 3.81. The van der Waals surface area contributed by atoms with Gasteiger partial charge < -0.3 is 19.7 Å². The molecule has 0 heterocycles. The van der Waals surface area contributed by atoms with Crippen LogP contribution in [-0.2, 0) is 9.47 Å². The second-order valence-electron chi connectivity index (χ2n) is 5.65. The lowest BCUT2D eigenvalue weighted by Crippen LogP contribution is -2.18. The molecule has 27 heavy (non-hydrogen) atoms. The van der Waals surface area contributed by atoms with E-state index in [0.717, 1.165) is 0 Å². The number of carbonyl (C=O) groups excluding carboxylic acids is 2. The summed E-state index contributed by atoms with van der Waals surface area (Å²) >= 11 is 0. The van der Waals surface area contributed by atoms with Gasteiger partial charge in [-0.15, -0.1) is 0 Å². The van der Waals surface area contributed by atoms with Crippen LogP contribution in [0.1, 0.15) is 32.6 Å². The molecule has 0 radical (unpaired) electrons. The zero-order valence-corrected chi connectivity index (χ0v) is 14.1. The van der Waals surface area contributed by atoms with Crippen LogP contribution in [0.15, 0.2) is 78.9 Å². The molecular weight excluding hydrogens is 348 g/mol. The lowest BCUT2D eigenvalue weighted by molar-refractivity contribution is -0.0823. The van der Waals surface area contributed by atoms with Gasteiger partial charge in [0, 0.05) is 5.56 Å². The minimum absolute atomic E-state index is 0.0184. The third kappa shape index (κ3) is 4.64. The lowest BCUT2D eigenvalue weighted by atomic mass is 10.2. The van der Waals surface area contributed by atoms with Crippen LogP contribution in [-0.4, -0.2) is 22.2 Å². The number of rotatable bonds is 5. The van der Waals surface area contributed by atoms with Gasteiger partial charge in [0.1, 0.15) is 11.5 Å². The third-order valence-electron chi connectivity index (χ3n) is 3.71. The summed E-state index contributed by atoms with van der Waals surface area (Å²) in [4.78, 5) is 24.7. The number of benzene rings is 3. The van der Waals surface area contributed by atoms with Crippen molar-refractivity contribution in [2.24, 2.45) is 0 Å². The van der Waals surface area contributed by atoms with Crippen molar-refractivity contribution in [1.82, 2.24) is 0 Å². The fourth-order valence-electron chi connectivity index (χ4n) is 2.30. The zero-order chi connectivity index (χ0) is 19.2. The van der Waals surface area contributed by atoms with Crippen molar-refractivity contribution in [2.75, 3.05) is 0 Å². The Morgan fingerprint density at radius 3 is 1.44 bits per heavy atom. The van der Waals surface area contributed by atoms with Gasteiger partial charge in [-0.05, 0) is 48.5 Å². The van der Waals surface area contributed by atoms with E-state index >= 15 is 0 Å². The number of ether oxygens (including phenoxy) is 2. The van der Waals surface area contributed by atoms with E-state index in [0.29, 0.717) is 5.56 Å². The molecule has 6 nitrogen and oxygen atoms in total. The van der Waals surface area contributed by atoms with Crippen molar-refractivity contribution < 1.29 is 29.3 Å². The molecular formula is C21H16O6. The number of phenols is 2. The van der Waals surface area contributed by atoms with E-state index in [4.69, 9.17) is 9.47 Å². The number of hydrogen-bond acceptors (Lipinski definition) is 6.